The van der Waals surface area contributed by atoms with E-state index in [0.717, 1.165) is 6.07 Å². The van der Waals surface area contributed by atoms with Crippen LogP contribution in [0.15, 0.2) is 40.9 Å². The van der Waals surface area contributed by atoms with E-state index in [0.29, 0.717) is 0 Å². The summed E-state index contributed by atoms with van der Waals surface area (Å²) in [5.74, 6) is -2.33. The van der Waals surface area contributed by atoms with Gasteiger partial charge >= 0.3 is 0 Å². The van der Waals surface area contributed by atoms with Crippen LogP contribution in [0.3, 0.4) is 0 Å². The molecule has 0 aliphatic rings. The predicted octanol–water partition coefficient (Wildman–Crippen LogP) is 5.39. The van der Waals surface area contributed by atoms with Crippen LogP contribution in [0.25, 0.3) is 0 Å². The highest BCUT2D eigenvalue weighted by Crippen LogP contribution is 2.33. The molecule has 106 valence electrons. The summed E-state index contributed by atoms with van der Waals surface area (Å²) in [5, 5.41) is 9.74. The standard InChI is InChI=1S/C15H7BrCl2FNO/c16-10-5-4-8(6-13(10)19)15(21)9(7-20)14-11(17)2-1-3-12(14)18/h1-6,9H. The van der Waals surface area contributed by atoms with Gasteiger partial charge in [-0.15, -0.1) is 0 Å². The quantitative estimate of drug-likeness (QED) is 0.664. The van der Waals surface area contributed by atoms with Gasteiger partial charge in [-0.2, -0.15) is 5.26 Å². The molecular weight excluding hydrogens is 380 g/mol. The summed E-state index contributed by atoms with van der Waals surface area (Å²) in [5.41, 5.74) is 0.315. The Balaban J connectivity index is 2.49. The number of benzene rings is 2. The van der Waals surface area contributed by atoms with Crippen molar-refractivity contribution in [1.29, 1.82) is 5.26 Å². The van der Waals surface area contributed by atoms with Gasteiger partial charge in [0, 0.05) is 21.2 Å². The molecular formula is C15H7BrCl2FNO. The van der Waals surface area contributed by atoms with Crippen molar-refractivity contribution >= 4 is 44.9 Å². The zero-order chi connectivity index (χ0) is 15.6. The number of Topliss-reactive ketones (excluding diaryl/α,β-unsaturated/α-hetero) is 1. The van der Waals surface area contributed by atoms with E-state index in [2.05, 4.69) is 15.9 Å². The molecule has 0 aliphatic carbocycles. The Hall–Kier alpha value is -1.41. The summed E-state index contributed by atoms with van der Waals surface area (Å²) in [6.07, 6.45) is 0. The highest BCUT2D eigenvalue weighted by Gasteiger charge is 2.26. The smallest absolute Gasteiger partial charge is 0.184 e. The first-order valence-corrected chi connectivity index (χ1v) is 7.33. The van der Waals surface area contributed by atoms with Gasteiger partial charge in [0.15, 0.2) is 5.78 Å². The average molecular weight is 387 g/mol. The van der Waals surface area contributed by atoms with E-state index < -0.39 is 17.5 Å². The Labute approximate surface area is 139 Å². The summed E-state index contributed by atoms with van der Waals surface area (Å²) < 4.78 is 13.8. The lowest BCUT2D eigenvalue weighted by atomic mass is 9.91. The maximum Gasteiger partial charge on any atom is 0.184 e. The Morgan fingerprint density at radius 1 is 1.24 bits per heavy atom. The number of nitriles is 1. The Bertz CT molecular complexity index is 738. The lowest BCUT2D eigenvalue weighted by Gasteiger charge is -2.12. The molecule has 2 aromatic rings. The summed E-state index contributed by atoms with van der Waals surface area (Å²) in [6.45, 7) is 0. The van der Waals surface area contributed by atoms with E-state index >= 15 is 0 Å². The molecule has 0 aromatic heterocycles. The van der Waals surface area contributed by atoms with Crippen molar-refractivity contribution in [2.24, 2.45) is 0 Å². The first-order chi connectivity index (χ1) is 9.95. The van der Waals surface area contributed by atoms with Crippen molar-refractivity contribution < 1.29 is 9.18 Å². The monoisotopic (exact) mass is 385 g/mol. The van der Waals surface area contributed by atoms with Gasteiger partial charge in [0.1, 0.15) is 11.7 Å². The normalized spacial score (nSPS) is 11.8. The molecule has 1 unspecified atom stereocenters. The summed E-state index contributed by atoms with van der Waals surface area (Å²) in [7, 11) is 0. The molecule has 2 nitrogen and oxygen atoms in total. The molecule has 6 heteroatoms. The molecule has 0 heterocycles. The number of ketones is 1. The number of hydrogen-bond donors (Lipinski definition) is 0. The van der Waals surface area contributed by atoms with E-state index in [1.807, 2.05) is 6.07 Å². The summed E-state index contributed by atoms with van der Waals surface area (Å²) in [4.78, 5) is 12.4. The second-order valence-corrected chi connectivity index (χ2v) is 5.86. The molecule has 0 saturated heterocycles. The first kappa shape index (κ1) is 16.0. The molecule has 0 amide bonds. The molecule has 1 atom stereocenters. The third kappa shape index (κ3) is 3.26. The van der Waals surface area contributed by atoms with Crippen LogP contribution in [0, 0.1) is 17.1 Å². The molecule has 2 aromatic carbocycles. The maximum absolute atomic E-state index is 13.5. The Morgan fingerprint density at radius 3 is 2.38 bits per heavy atom. The van der Waals surface area contributed by atoms with Crippen molar-refractivity contribution in [3.8, 4) is 6.07 Å². The van der Waals surface area contributed by atoms with Gasteiger partial charge in [-0.1, -0.05) is 35.3 Å². The molecule has 0 radical (unpaired) electrons. The van der Waals surface area contributed by atoms with Crippen LogP contribution in [0.2, 0.25) is 10.0 Å². The molecule has 0 aliphatic heterocycles. The second kappa shape index (κ2) is 6.57. The van der Waals surface area contributed by atoms with Gasteiger partial charge in [0.05, 0.1) is 10.5 Å². The van der Waals surface area contributed by atoms with Gasteiger partial charge in [0.2, 0.25) is 0 Å². The minimum absolute atomic E-state index is 0.0817. The van der Waals surface area contributed by atoms with E-state index in [4.69, 9.17) is 23.2 Å². The Kier molecular flexibility index (Phi) is 5.00. The van der Waals surface area contributed by atoms with Crippen molar-refractivity contribution in [3.05, 3.63) is 67.9 Å². The van der Waals surface area contributed by atoms with Gasteiger partial charge in [-0.05, 0) is 40.2 Å². The molecule has 0 bridgehead atoms. The number of hydrogen-bond acceptors (Lipinski definition) is 2. The lowest BCUT2D eigenvalue weighted by molar-refractivity contribution is 0.0978. The minimum atomic E-state index is -1.19. The molecule has 0 saturated carbocycles. The van der Waals surface area contributed by atoms with Gasteiger partial charge in [0.25, 0.3) is 0 Å². The SMILES string of the molecule is N#CC(C(=O)c1ccc(Br)c(F)c1)c1c(Cl)cccc1Cl. The number of carbonyl (C=O) groups excluding carboxylic acids is 1. The van der Waals surface area contributed by atoms with Crippen LogP contribution < -0.4 is 0 Å². The van der Waals surface area contributed by atoms with Crippen LogP contribution in [0.4, 0.5) is 4.39 Å². The van der Waals surface area contributed by atoms with Crippen molar-refractivity contribution in [2.75, 3.05) is 0 Å². The largest absolute Gasteiger partial charge is 0.292 e. The van der Waals surface area contributed by atoms with Crippen LogP contribution in [-0.2, 0) is 0 Å². The van der Waals surface area contributed by atoms with Crippen LogP contribution in [0.5, 0.6) is 0 Å². The number of nitrogens with zero attached hydrogens (tertiary/aromatic N) is 1. The van der Waals surface area contributed by atoms with Crippen molar-refractivity contribution in [3.63, 3.8) is 0 Å². The topological polar surface area (TPSA) is 40.9 Å². The van der Waals surface area contributed by atoms with E-state index in [-0.39, 0.29) is 25.6 Å². The third-order valence-electron chi connectivity index (χ3n) is 2.88. The van der Waals surface area contributed by atoms with E-state index in [1.54, 1.807) is 18.2 Å². The zero-order valence-corrected chi connectivity index (χ0v) is 13.5. The lowest BCUT2D eigenvalue weighted by Crippen LogP contribution is -2.12. The zero-order valence-electron chi connectivity index (χ0n) is 10.4. The van der Waals surface area contributed by atoms with Gasteiger partial charge in [-0.25, -0.2) is 4.39 Å². The summed E-state index contributed by atoms with van der Waals surface area (Å²) in [6, 6.07) is 10.5. The number of carbonyl (C=O) groups is 1. The fraction of sp³-hybridized carbons (Fsp3) is 0.0667. The second-order valence-electron chi connectivity index (χ2n) is 4.19. The minimum Gasteiger partial charge on any atom is -0.292 e. The van der Waals surface area contributed by atoms with E-state index in [1.165, 1.54) is 12.1 Å². The van der Waals surface area contributed by atoms with Gasteiger partial charge in [-0.3, -0.25) is 4.79 Å². The predicted molar refractivity (Wildman–Crippen MR) is 83.2 cm³/mol. The molecule has 0 fully saturated rings. The number of rotatable bonds is 3. The third-order valence-corrected chi connectivity index (χ3v) is 4.19. The van der Waals surface area contributed by atoms with Crippen LogP contribution in [-0.4, -0.2) is 5.78 Å². The molecule has 0 N–H and O–H groups in total. The van der Waals surface area contributed by atoms with Crippen molar-refractivity contribution in [2.45, 2.75) is 5.92 Å². The summed E-state index contributed by atoms with van der Waals surface area (Å²) >= 11 is 15.1. The highest BCUT2D eigenvalue weighted by molar-refractivity contribution is 9.10. The molecule has 21 heavy (non-hydrogen) atoms. The van der Waals surface area contributed by atoms with Crippen LogP contribution >= 0.6 is 39.1 Å². The van der Waals surface area contributed by atoms with Crippen LogP contribution in [0.1, 0.15) is 21.8 Å². The fourth-order valence-electron chi connectivity index (χ4n) is 1.86. The molecule has 2 rings (SSSR count). The van der Waals surface area contributed by atoms with Crippen molar-refractivity contribution in [1.82, 2.24) is 0 Å². The van der Waals surface area contributed by atoms with E-state index in [9.17, 15) is 14.4 Å². The first-order valence-electron chi connectivity index (χ1n) is 5.78. The highest BCUT2D eigenvalue weighted by atomic mass is 79.9. The fourth-order valence-corrected chi connectivity index (χ4v) is 2.72. The van der Waals surface area contributed by atoms with Gasteiger partial charge < -0.3 is 0 Å². The Morgan fingerprint density at radius 2 is 1.86 bits per heavy atom. The average Bonchev–Trinajstić information content (AvgIpc) is 2.45. The molecule has 0 spiro atoms. The maximum atomic E-state index is 13.5. The number of halogens is 4.